The highest BCUT2D eigenvalue weighted by molar-refractivity contribution is 8.00. The quantitative estimate of drug-likeness (QED) is 0.621. The van der Waals surface area contributed by atoms with Gasteiger partial charge in [-0.15, -0.1) is 23.1 Å². The maximum atomic E-state index is 11.4. The average Bonchev–Trinajstić information content (AvgIpc) is 2.78. The molecule has 2 nitrogen and oxygen atoms in total. The van der Waals surface area contributed by atoms with Gasteiger partial charge in [0.1, 0.15) is 4.88 Å². The molecule has 0 atom stereocenters. The number of ether oxygens (including phenoxy) is 1. The molecule has 0 unspecified atom stereocenters. The predicted octanol–water partition coefficient (Wildman–Crippen LogP) is 4.14. The highest BCUT2D eigenvalue weighted by Crippen LogP contribution is 2.34. The normalized spacial score (nSPS) is 10.3. The number of rotatable bonds is 4. The van der Waals surface area contributed by atoms with E-state index in [0.29, 0.717) is 4.88 Å². The number of carbonyl (C=O) groups excluding carboxylic acids is 1. The summed E-state index contributed by atoms with van der Waals surface area (Å²) in [7, 11) is 1.41. The molecule has 1 heterocycles. The molecule has 1 aromatic carbocycles. The van der Waals surface area contributed by atoms with Crippen molar-refractivity contribution >= 4 is 29.1 Å². The molecule has 0 bridgehead atoms. The lowest BCUT2D eigenvalue weighted by Gasteiger charge is -2.00. The topological polar surface area (TPSA) is 26.3 Å². The Labute approximate surface area is 115 Å². The Bertz CT molecular complexity index is 532. The van der Waals surface area contributed by atoms with Gasteiger partial charge in [0.05, 0.1) is 11.3 Å². The summed E-state index contributed by atoms with van der Waals surface area (Å²) in [6, 6.07) is 12.2. The van der Waals surface area contributed by atoms with Crippen LogP contribution in [0.25, 0.3) is 0 Å². The van der Waals surface area contributed by atoms with E-state index in [0.717, 1.165) is 11.3 Å². The molecule has 2 aromatic rings. The predicted molar refractivity (Wildman–Crippen MR) is 76.4 cm³/mol. The molecular weight excluding hydrogens is 264 g/mol. The van der Waals surface area contributed by atoms with Crippen LogP contribution in [0.4, 0.5) is 0 Å². The van der Waals surface area contributed by atoms with E-state index < -0.39 is 0 Å². The molecule has 4 heteroatoms. The molecule has 0 N–H and O–H groups in total. The van der Waals surface area contributed by atoms with E-state index >= 15 is 0 Å². The number of thioether (sulfide) groups is 1. The molecule has 0 radical (unpaired) electrons. The largest absolute Gasteiger partial charge is 0.465 e. The van der Waals surface area contributed by atoms with Crippen LogP contribution in [0.3, 0.4) is 0 Å². The van der Waals surface area contributed by atoms with E-state index in [9.17, 15) is 4.79 Å². The van der Waals surface area contributed by atoms with E-state index in [2.05, 4.69) is 12.1 Å². The van der Waals surface area contributed by atoms with Crippen molar-refractivity contribution in [3.63, 3.8) is 0 Å². The van der Waals surface area contributed by atoms with Gasteiger partial charge in [-0.25, -0.2) is 4.79 Å². The van der Waals surface area contributed by atoms with Crippen LogP contribution < -0.4 is 0 Å². The summed E-state index contributed by atoms with van der Waals surface area (Å²) in [5, 5.41) is 0. The maximum absolute atomic E-state index is 11.4. The molecule has 0 saturated heterocycles. The van der Waals surface area contributed by atoms with Gasteiger partial charge in [0.2, 0.25) is 0 Å². The fourth-order valence-electron chi connectivity index (χ4n) is 1.53. The van der Waals surface area contributed by atoms with E-state index in [-0.39, 0.29) is 5.97 Å². The van der Waals surface area contributed by atoms with E-state index in [4.69, 9.17) is 4.74 Å². The Morgan fingerprint density at radius 1 is 1.33 bits per heavy atom. The molecule has 0 aliphatic rings. The summed E-state index contributed by atoms with van der Waals surface area (Å²) in [4.78, 5) is 12.1. The second-order valence-electron chi connectivity index (χ2n) is 3.85. The minimum Gasteiger partial charge on any atom is -0.465 e. The number of benzene rings is 1. The van der Waals surface area contributed by atoms with Gasteiger partial charge in [-0.3, -0.25) is 0 Å². The lowest BCUT2D eigenvalue weighted by atomic mass is 10.2. The lowest BCUT2D eigenvalue weighted by molar-refractivity contribution is 0.0606. The number of carbonyl (C=O) groups is 1. The fourth-order valence-corrected chi connectivity index (χ4v) is 3.81. The molecule has 18 heavy (non-hydrogen) atoms. The lowest BCUT2D eigenvalue weighted by Crippen LogP contribution is -1.96. The van der Waals surface area contributed by atoms with Crippen LogP contribution in [0.5, 0.6) is 0 Å². The molecule has 0 aliphatic heterocycles. The fraction of sp³-hybridized carbons (Fsp3) is 0.214. The average molecular weight is 278 g/mol. The van der Waals surface area contributed by atoms with Crippen LogP contribution in [-0.4, -0.2) is 13.1 Å². The summed E-state index contributed by atoms with van der Waals surface area (Å²) in [5.74, 6) is 0.665. The molecule has 0 fully saturated rings. The molecule has 0 spiro atoms. The SMILES string of the molecule is COC(=O)c1cc(C)c(SCc2ccccc2)s1. The van der Waals surface area contributed by atoms with Crippen LogP contribution in [-0.2, 0) is 10.5 Å². The number of hydrogen-bond donors (Lipinski definition) is 0. The zero-order valence-corrected chi connectivity index (χ0v) is 11.9. The number of methoxy groups -OCH3 is 1. The molecular formula is C14H14O2S2. The van der Waals surface area contributed by atoms with Crippen molar-refractivity contribution in [1.29, 1.82) is 0 Å². The van der Waals surface area contributed by atoms with Crippen molar-refractivity contribution in [3.8, 4) is 0 Å². The van der Waals surface area contributed by atoms with Gasteiger partial charge in [-0.2, -0.15) is 0 Å². The highest BCUT2D eigenvalue weighted by atomic mass is 32.2. The number of thiophene rings is 1. The summed E-state index contributed by atoms with van der Waals surface area (Å²) in [6.45, 7) is 2.02. The van der Waals surface area contributed by atoms with Crippen LogP contribution >= 0.6 is 23.1 Å². The van der Waals surface area contributed by atoms with Gasteiger partial charge in [0, 0.05) is 5.75 Å². The first-order valence-electron chi connectivity index (χ1n) is 5.56. The Morgan fingerprint density at radius 2 is 2.06 bits per heavy atom. The van der Waals surface area contributed by atoms with Crippen molar-refractivity contribution in [3.05, 3.63) is 52.4 Å². The van der Waals surface area contributed by atoms with Gasteiger partial charge in [-0.05, 0) is 24.1 Å². The van der Waals surface area contributed by atoms with Crippen molar-refractivity contribution < 1.29 is 9.53 Å². The third kappa shape index (κ3) is 3.15. The van der Waals surface area contributed by atoms with E-state index in [1.54, 1.807) is 11.8 Å². The van der Waals surface area contributed by atoms with Crippen molar-refractivity contribution in [2.45, 2.75) is 16.9 Å². The minimum absolute atomic E-state index is 0.255. The Morgan fingerprint density at radius 3 is 2.72 bits per heavy atom. The van der Waals surface area contributed by atoms with Gasteiger partial charge in [0.15, 0.2) is 0 Å². The van der Waals surface area contributed by atoms with Crippen LogP contribution in [0, 0.1) is 6.92 Å². The number of esters is 1. The smallest absolute Gasteiger partial charge is 0.348 e. The second-order valence-corrected chi connectivity index (χ2v) is 6.14. The number of aryl methyl sites for hydroxylation is 1. The number of hydrogen-bond acceptors (Lipinski definition) is 4. The third-order valence-corrected chi connectivity index (χ3v) is 5.15. The van der Waals surface area contributed by atoms with Crippen LogP contribution in [0.1, 0.15) is 20.8 Å². The molecule has 1 aromatic heterocycles. The first kappa shape index (κ1) is 13.2. The monoisotopic (exact) mass is 278 g/mol. The Hall–Kier alpha value is -1.26. The molecule has 0 aliphatic carbocycles. The molecule has 2 rings (SSSR count). The van der Waals surface area contributed by atoms with Crippen LogP contribution in [0.15, 0.2) is 40.6 Å². The Balaban J connectivity index is 2.06. The first-order chi connectivity index (χ1) is 8.70. The summed E-state index contributed by atoms with van der Waals surface area (Å²) < 4.78 is 5.91. The van der Waals surface area contributed by atoms with E-state index in [1.807, 2.05) is 31.2 Å². The molecule has 0 saturated carbocycles. The summed E-state index contributed by atoms with van der Waals surface area (Å²) >= 11 is 3.26. The zero-order chi connectivity index (χ0) is 13.0. The highest BCUT2D eigenvalue weighted by Gasteiger charge is 2.12. The van der Waals surface area contributed by atoms with Gasteiger partial charge >= 0.3 is 5.97 Å². The second kappa shape index (κ2) is 6.07. The van der Waals surface area contributed by atoms with Gasteiger partial charge in [0.25, 0.3) is 0 Å². The first-order valence-corrected chi connectivity index (χ1v) is 7.36. The van der Waals surface area contributed by atoms with Crippen LogP contribution in [0.2, 0.25) is 0 Å². The van der Waals surface area contributed by atoms with Gasteiger partial charge < -0.3 is 4.74 Å². The van der Waals surface area contributed by atoms with Gasteiger partial charge in [-0.1, -0.05) is 30.3 Å². The summed E-state index contributed by atoms with van der Waals surface area (Å²) in [5.41, 5.74) is 2.43. The Kier molecular flexibility index (Phi) is 4.44. The zero-order valence-electron chi connectivity index (χ0n) is 10.3. The van der Waals surface area contributed by atoms with Crippen molar-refractivity contribution in [2.75, 3.05) is 7.11 Å². The molecule has 0 amide bonds. The standard InChI is InChI=1S/C14H14O2S2/c1-10-8-12(13(15)16-2)18-14(10)17-9-11-6-4-3-5-7-11/h3-8H,9H2,1-2H3. The minimum atomic E-state index is -0.255. The maximum Gasteiger partial charge on any atom is 0.348 e. The van der Waals surface area contributed by atoms with Crippen molar-refractivity contribution in [1.82, 2.24) is 0 Å². The van der Waals surface area contributed by atoms with Crippen molar-refractivity contribution in [2.24, 2.45) is 0 Å². The third-order valence-electron chi connectivity index (χ3n) is 2.47. The molecule has 94 valence electrons. The van der Waals surface area contributed by atoms with E-state index in [1.165, 1.54) is 28.2 Å². The summed E-state index contributed by atoms with van der Waals surface area (Å²) in [6.07, 6.45) is 0.